The van der Waals surface area contributed by atoms with E-state index in [9.17, 15) is 14.9 Å². The van der Waals surface area contributed by atoms with Gasteiger partial charge in [-0.05, 0) is 30.0 Å². The number of benzene rings is 2. The minimum atomic E-state index is -0.464. The Morgan fingerprint density at radius 2 is 1.88 bits per heavy atom. The summed E-state index contributed by atoms with van der Waals surface area (Å²) in [5.74, 6) is -0.117. The number of hydrogen-bond acceptors (Lipinski definition) is 4. The van der Waals surface area contributed by atoms with Crippen molar-refractivity contribution in [1.29, 1.82) is 0 Å². The Kier molecular flexibility index (Phi) is 4.42. The number of nitro benzene ring substituents is 1. The maximum atomic E-state index is 12.7. The molecule has 6 heteroatoms. The van der Waals surface area contributed by atoms with Gasteiger partial charge in [-0.2, -0.15) is 0 Å². The van der Waals surface area contributed by atoms with Crippen LogP contribution >= 0.6 is 0 Å². The number of fused-ring (bicyclic) bond motifs is 1. The smallest absolute Gasteiger partial charge is 0.270 e. The van der Waals surface area contributed by atoms with E-state index < -0.39 is 4.92 Å². The fourth-order valence-electron chi connectivity index (χ4n) is 3.99. The van der Waals surface area contributed by atoms with Crippen LogP contribution < -0.4 is 0 Å². The number of hydrogen-bond donors (Lipinski definition) is 0. The molecule has 4 rings (SSSR count). The van der Waals surface area contributed by atoms with Crippen molar-refractivity contribution in [3.63, 3.8) is 0 Å². The van der Waals surface area contributed by atoms with E-state index >= 15 is 0 Å². The lowest BCUT2D eigenvalue weighted by molar-refractivity contribution is -0.384. The van der Waals surface area contributed by atoms with Gasteiger partial charge in [-0.15, -0.1) is 0 Å². The highest BCUT2D eigenvalue weighted by Crippen LogP contribution is 2.25. The van der Waals surface area contributed by atoms with E-state index in [1.807, 2.05) is 4.90 Å². The van der Waals surface area contributed by atoms with Gasteiger partial charge in [-0.25, -0.2) is 0 Å². The van der Waals surface area contributed by atoms with Crippen molar-refractivity contribution in [2.45, 2.75) is 25.4 Å². The summed E-state index contributed by atoms with van der Waals surface area (Å²) in [5.41, 5.74) is 3.15. The van der Waals surface area contributed by atoms with E-state index in [0.717, 1.165) is 25.9 Å². The molecule has 2 aromatic carbocycles. The molecule has 134 valence electrons. The van der Waals surface area contributed by atoms with E-state index in [4.69, 9.17) is 0 Å². The number of likely N-dealkylation sites (tertiary alicyclic amines) is 1. The second-order valence-electron chi connectivity index (χ2n) is 6.99. The van der Waals surface area contributed by atoms with Gasteiger partial charge in [0.25, 0.3) is 11.6 Å². The molecule has 1 amide bonds. The molecule has 0 unspecified atom stereocenters. The molecule has 26 heavy (non-hydrogen) atoms. The topological polar surface area (TPSA) is 66.7 Å². The molecule has 6 nitrogen and oxygen atoms in total. The molecule has 0 spiro atoms. The van der Waals surface area contributed by atoms with Crippen molar-refractivity contribution < 1.29 is 9.72 Å². The summed E-state index contributed by atoms with van der Waals surface area (Å²) in [5, 5.41) is 10.9. The molecule has 0 saturated carbocycles. The normalized spacial score (nSPS) is 20.0. The predicted molar refractivity (Wildman–Crippen MR) is 98.0 cm³/mol. The Bertz CT molecular complexity index is 852. The van der Waals surface area contributed by atoms with Crippen LogP contribution in [0.25, 0.3) is 0 Å². The lowest BCUT2D eigenvalue weighted by atomic mass is 9.98. The molecule has 0 aromatic heterocycles. The number of rotatable bonds is 3. The molecule has 1 fully saturated rings. The summed E-state index contributed by atoms with van der Waals surface area (Å²) >= 11 is 0. The maximum Gasteiger partial charge on any atom is 0.270 e. The zero-order chi connectivity index (χ0) is 18.1. The number of carbonyl (C=O) groups is 1. The molecule has 0 aliphatic carbocycles. The maximum absolute atomic E-state index is 12.7. The Hall–Kier alpha value is -2.73. The fraction of sp³-hybridized carbons (Fsp3) is 0.350. The highest BCUT2D eigenvalue weighted by Gasteiger charge is 2.32. The first kappa shape index (κ1) is 16.7. The molecule has 2 aliphatic heterocycles. The first-order valence-electron chi connectivity index (χ1n) is 8.96. The Morgan fingerprint density at radius 3 is 2.69 bits per heavy atom. The van der Waals surface area contributed by atoms with Crippen LogP contribution in [-0.2, 0) is 13.0 Å². The summed E-state index contributed by atoms with van der Waals surface area (Å²) in [6.45, 7) is 3.33. The SMILES string of the molecule is O=C(c1cccc([N+](=O)[O-])c1)N1CC[C@H](N2CCc3ccccc3C2)C1. The average molecular weight is 351 g/mol. The van der Waals surface area contributed by atoms with Crippen LogP contribution in [0.3, 0.4) is 0 Å². The van der Waals surface area contributed by atoms with Crippen molar-refractivity contribution in [3.05, 3.63) is 75.3 Å². The summed E-state index contributed by atoms with van der Waals surface area (Å²) in [7, 11) is 0. The van der Waals surface area contributed by atoms with Gasteiger partial charge in [-0.3, -0.25) is 19.8 Å². The van der Waals surface area contributed by atoms with Crippen molar-refractivity contribution in [3.8, 4) is 0 Å². The van der Waals surface area contributed by atoms with Crippen LogP contribution in [0.15, 0.2) is 48.5 Å². The largest absolute Gasteiger partial charge is 0.337 e. The third-order valence-corrected chi connectivity index (χ3v) is 5.43. The highest BCUT2D eigenvalue weighted by atomic mass is 16.6. The van der Waals surface area contributed by atoms with Crippen LogP contribution in [0.5, 0.6) is 0 Å². The van der Waals surface area contributed by atoms with Crippen LogP contribution in [-0.4, -0.2) is 46.3 Å². The molecule has 2 aromatic rings. The Balaban J connectivity index is 1.43. The van der Waals surface area contributed by atoms with Gasteiger partial charge in [0, 0.05) is 49.9 Å². The number of nitro groups is 1. The Labute approximate surface area is 152 Å². The lowest BCUT2D eigenvalue weighted by Gasteiger charge is -2.33. The van der Waals surface area contributed by atoms with Crippen LogP contribution in [0.2, 0.25) is 0 Å². The minimum absolute atomic E-state index is 0.0424. The molecular formula is C20H21N3O3. The molecular weight excluding hydrogens is 330 g/mol. The van der Waals surface area contributed by atoms with E-state index in [1.54, 1.807) is 12.1 Å². The molecule has 1 atom stereocenters. The second kappa shape index (κ2) is 6.88. The summed E-state index contributed by atoms with van der Waals surface area (Å²) in [6, 6.07) is 14.9. The minimum Gasteiger partial charge on any atom is -0.337 e. The van der Waals surface area contributed by atoms with Gasteiger partial charge < -0.3 is 4.90 Å². The number of amides is 1. The molecule has 2 heterocycles. The second-order valence-corrected chi connectivity index (χ2v) is 6.99. The molecule has 1 saturated heterocycles. The average Bonchev–Trinajstić information content (AvgIpc) is 3.17. The van der Waals surface area contributed by atoms with Gasteiger partial charge in [-0.1, -0.05) is 30.3 Å². The van der Waals surface area contributed by atoms with Gasteiger partial charge in [0.1, 0.15) is 0 Å². The molecule has 0 radical (unpaired) electrons. The molecule has 0 bridgehead atoms. The van der Waals surface area contributed by atoms with Gasteiger partial charge in [0.05, 0.1) is 4.92 Å². The van der Waals surface area contributed by atoms with Crippen molar-refractivity contribution >= 4 is 11.6 Å². The monoisotopic (exact) mass is 351 g/mol. The number of nitrogens with zero attached hydrogens (tertiary/aromatic N) is 3. The summed E-state index contributed by atoms with van der Waals surface area (Å²) < 4.78 is 0. The van der Waals surface area contributed by atoms with Gasteiger partial charge in [0.15, 0.2) is 0 Å². The van der Waals surface area contributed by atoms with Crippen LogP contribution in [0, 0.1) is 10.1 Å². The zero-order valence-electron chi connectivity index (χ0n) is 14.5. The van der Waals surface area contributed by atoms with E-state index in [1.165, 1.54) is 23.3 Å². The predicted octanol–water partition coefficient (Wildman–Crippen LogP) is 2.87. The number of carbonyl (C=O) groups excluding carboxylic acids is 1. The van der Waals surface area contributed by atoms with E-state index in [2.05, 4.69) is 29.2 Å². The standard InChI is InChI=1S/C20H21N3O3/c24-20(16-6-3-7-18(12-16)23(25)26)22-11-9-19(14-22)21-10-8-15-4-1-2-5-17(15)13-21/h1-7,12,19H,8-11,13-14H2/t19-/m0/s1. The van der Waals surface area contributed by atoms with E-state index in [0.29, 0.717) is 24.7 Å². The van der Waals surface area contributed by atoms with Crippen LogP contribution in [0.1, 0.15) is 27.9 Å². The quantitative estimate of drug-likeness (QED) is 0.630. The summed E-state index contributed by atoms with van der Waals surface area (Å²) in [6.07, 6.45) is 1.99. The third-order valence-electron chi connectivity index (χ3n) is 5.43. The highest BCUT2D eigenvalue weighted by molar-refractivity contribution is 5.95. The van der Waals surface area contributed by atoms with Crippen molar-refractivity contribution in [2.24, 2.45) is 0 Å². The summed E-state index contributed by atoms with van der Waals surface area (Å²) in [4.78, 5) is 27.5. The van der Waals surface area contributed by atoms with E-state index in [-0.39, 0.29) is 11.6 Å². The fourth-order valence-corrected chi connectivity index (χ4v) is 3.99. The third kappa shape index (κ3) is 3.20. The van der Waals surface area contributed by atoms with Crippen molar-refractivity contribution in [2.75, 3.05) is 19.6 Å². The zero-order valence-corrected chi connectivity index (χ0v) is 14.5. The number of non-ortho nitro benzene ring substituents is 1. The first-order valence-corrected chi connectivity index (χ1v) is 8.96. The molecule has 0 N–H and O–H groups in total. The first-order chi connectivity index (χ1) is 12.6. The molecule has 2 aliphatic rings. The van der Waals surface area contributed by atoms with Gasteiger partial charge in [0.2, 0.25) is 0 Å². The van der Waals surface area contributed by atoms with Gasteiger partial charge >= 0.3 is 0 Å². The lowest BCUT2D eigenvalue weighted by Crippen LogP contribution is -2.41. The van der Waals surface area contributed by atoms with Crippen LogP contribution in [0.4, 0.5) is 5.69 Å². The Morgan fingerprint density at radius 1 is 1.08 bits per heavy atom. The van der Waals surface area contributed by atoms with Crippen molar-refractivity contribution in [1.82, 2.24) is 9.80 Å².